The number of hydrogen-bond donors (Lipinski definition) is 1. The van der Waals surface area contributed by atoms with Crippen LogP contribution in [0.5, 0.6) is 0 Å². The highest BCUT2D eigenvalue weighted by Gasteiger charge is 2.15. The highest BCUT2D eigenvalue weighted by molar-refractivity contribution is 7.09. The Morgan fingerprint density at radius 3 is 2.58 bits per heavy atom. The number of nitrogens with one attached hydrogen (secondary N) is 1. The molecule has 5 heteroatoms. The summed E-state index contributed by atoms with van der Waals surface area (Å²) >= 11 is 1.76. The standard InChI is InChI=1S/C21H29N3OS/c1-23-11-13-24(14-12-23)17-19-7-3-2-6-18(19)16-22-21(25)10-4-8-20-9-5-15-26-20/h2-3,5-7,9,15H,4,8,10-14,16-17H2,1H3,(H,22,25). The molecule has 0 spiro atoms. The number of piperazine rings is 1. The van der Waals surface area contributed by atoms with E-state index in [1.807, 2.05) is 0 Å². The lowest BCUT2D eigenvalue weighted by Gasteiger charge is -2.32. The summed E-state index contributed by atoms with van der Waals surface area (Å²) in [6.45, 7) is 6.08. The van der Waals surface area contributed by atoms with Gasteiger partial charge in [0.05, 0.1) is 0 Å². The van der Waals surface area contributed by atoms with Crippen LogP contribution in [0.25, 0.3) is 0 Å². The molecule has 4 nitrogen and oxygen atoms in total. The Hall–Kier alpha value is -1.69. The molecule has 1 fully saturated rings. The molecule has 26 heavy (non-hydrogen) atoms. The van der Waals surface area contributed by atoms with Gasteiger partial charge in [-0.25, -0.2) is 0 Å². The fourth-order valence-electron chi connectivity index (χ4n) is 3.29. The number of aryl methyl sites for hydroxylation is 1. The van der Waals surface area contributed by atoms with Crippen LogP contribution < -0.4 is 5.32 Å². The molecule has 2 heterocycles. The van der Waals surface area contributed by atoms with Gasteiger partial charge in [0.1, 0.15) is 0 Å². The number of likely N-dealkylation sites (N-methyl/N-ethyl adjacent to an activating group) is 1. The lowest BCUT2D eigenvalue weighted by atomic mass is 10.1. The zero-order valence-electron chi connectivity index (χ0n) is 15.6. The lowest BCUT2D eigenvalue weighted by Crippen LogP contribution is -2.44. The molecule has 1 amide bonds. The summed E-state index contributed by atoms with van der Waals surface area (Å²) in [5.74, 6) is 0.149. The Bertz CT molecular complexity index is 678. The quantitative estimate of drug-likeness (QED) is 0.774. The second-order valence-electron chi connectivity index (χ2n) is 7.06. The molecule has 0 radical (unpaired) electrons. The molecule has 1 saturated heterocycles. The number of hydrogen-bond acceptors (Lipinski definition) is 4. The molecule has 1 aromatic carbocycles. The first kappa shape index (κ1) is 19.1. The van der Waals surface area contributed by atoms with Gasteiger partial charge in [0.2, 0.25) is 5.91 Å². The van der Waals surface area contributed by atoms with E-state index in [0.29, 0.717) is 13.0 Å². The maximum absolute atomic E-state index is 12.2. The van der Waals surface area contributed by atoms with Gasteiger partial charge in [-0.15, -0.1) is 11.3 Å². The van der Waals surface area contributed by atoms with Gasteiger partial charge in [0.15, 0.2) is 0 Å². The first-order valence-corrected chi connectivity index (χ1v) is 10.4. The average Bonchev–Trinajstić information content (AvgIpc) is 3.16. The van der Waals surface area contributed by atoms with E-state index in [-0.39, 0.29) is 5.91 Å². The number of amides is 1. The predicted molar refractivity (Wildman–Crippen MR) is 108 cm³/mol. The highest BCUT2D eigenvalue weighted by Crippen LogP contribution is 2.14. The van der Waals surface area contributed by atoms with Gasteiger partial charge >= 0.3 is 0 Å². The monoisotopic (exact) mass is 371 g/mol. The molecular formula is C21H29N3OS. The maximum Gasteiger partial charge on any atom is 0.220 e. The van der Waals surface area contributed by atoms with Gasteiger partial charge < -0.3 is 10.2 Å². The smallest absolute Gasteiger partial charge is 0.220 e. The topological polar surface area (TPSA) is 35.6 Å². The van der Waals surface area contributed by atoms with Crippen molar-refractivity contribution in [3.05, 3.63) is 57.8 Å². The zero-order valence-corrected chi connectivity index (χ0v) is 16.4. The molecule has 3 rings (SSSR count). The first-order chi connectivity index (χ1) is 12.7. The molecule has 0 aliphatic carbocycles. The van der Waals surface area contributed by atoms with Crippen molar-refractivity contribution in [1.82, 2.24) is 15.1 Å². The van der Waals surface area contributed by atoms with E-state index in [1.165, 1.54) is 16.0 Å². The van der Waals surface area contributed by atoms with Crippen LogP contribution in [0.15, 0.2) is 41.8 Å². The van der Waals surface area contributed by atoms with Crippen LogP contribution in [0.2, 0.25) is 0 Å². The van der Waals surface area contributed by atoms with Crippen molar-refractivity contribution in [2.75, 3.05) is 33.2 Å². The Morgan fingerprint density at radius 1 is 1.08 bits per heavy atom. The summed E-state index contributed by atoms with van der Waals surface area (Å²) < 4.78 is 0. The summed E-state index contributed by atoms with van der Waals surface area (Å²) in [5, 5.41) is 5.19. The number of benzene rings is 1. The van der Waals surface area contributed by atoms with Crippen molar-refractivity contribution in [3.8, 4) is 0 Å². The van der Waals surface area contributed by atoms with Crippen LogP contribution in [-0.4, -0.2) is 48.9 Å². The van der Waals surface area contributed by atoms with Crippen LogP contribution in [0.1, 0.15) is 28.8 Å². The molecule has 1 aliphatic rings. The van der Waals surface area contributed by atoms with Crippen molar-refractivity contribution in [3.63, 3.8) is 0 Å². The van der Waals surface area contributed by atoms with Gasteiger partial charge in [-0.3, -0.25) is 9.69 Å². The second kappa shape index (κ2) is 9.86. The largest absolute Gasteiger partial charge is 0.352 e. The van der Waals surface area contributed by atoms with Gasteiger partial charge in [0.25, 0.3) is 0 Å². The fourth-order valence-corrected chi connectivity index (χ4v) is 4.04. The number of carbonyl (C=O) groups excluding carboxylic acids is 1. The Kier molecular flexibility index (Phi) is 7.23. The van der Waals surface area contributed by atoms with Crippen LogP contribution in [0.4, 0.5) is 0 Å². The average molecular weight is 372 g/mol. The van der Waals surface area contributed by atoms with Crippen molar-refractivity contribution < 1.29 is 4.79 Å². The molecule has 0 saturated carbocycles. The summed E-state index contributed by atoms with van der Waals surface area (Å²) in [5.41, 5.74) is 2.56. The normalized spacial score (nSPS) is 15.9. The fraction of sp³-hybridized carbons (Fsp3) is 0.476. The summed E-state index contributed by atoms with van der Waals surface area (Å²) in [4.78, 5) is 18.4. The SMILES string of the molecule is CN1CCN(Cc2ccccc2CNC(=O)CCCc2cccs2)CC1. The zero-order chi connectivity index (χ0) is 18.2. The number of rotatable bonds is 8. The molecule has 1 aromatic heterocycles. The van der Waals surface area contributed by atoms with E-state index in [2.05, 4.69) is 63.9 Å². The van der Waals surface area contributed by atoms with Crippen LogP contribution in [0, 0.1) is 0 Å². The minimum absolute atomic E-state index is 0.149. The Balaban J connectivity index is 1.44. The number of thiophene rings is 1. The van der Waals surface area contributed by atoms with Gasteiger partial charge in [0, 0.05) is 50.6 Å². The van der Waals surface area contributed by atoms with Crippen molar-refractivity contribution in [1.29, 1.82) is 0 Å². The van der Waals surface area contributed by atoms with Gasteiger partial charge in [-0.05, 0) is 42.5 Å². The second-order valence-corrected chi connectivity index (χ2v) is 8.09. The first-order valence-electron chi connectivity index (χ1n) is 9.47. The van der Waals surface area contributed by atoms with Crippen LogP contribution in [-0.2, 0) is 24.3 Å². The van der Waals surface area contributed by atoms with Gasteiger partial charge in [-0.1, -0.05) is 30.3 Å². The third-order valence-electron chi connectivity index (χ3n) is 4.99. The Labute approximate surface area is 160 Å². The lowest BCUT2D eigenvalue weighted by molar-refractivity contribution is -0.121. The third kappa shape index (κ3) is 5.94. The van der Waals surface area contributed by atoms with E-state index in [4.69, 9.17) is 0 Å². The molecular weight excluding hydrogens is 342 g/mol. The molecule has 0 bridgehead atoms. The molecule has 0 unspecified atom stereocenters. The van der Waals surface area contributed by atoms with Crippen LogP contribution >= 0.6 is 11.3 Å². The maximum atomic E-state index is 12.2. The van der Waals surface area contributed by atoms with Crippen molar-refractivity contribution in [2.24, 2.45) is 0 Å². The van der Waals surface area contributed by atoms with Gasteiger partial charge in [-0.2, -0.15) is 0 Å². The molecule has 1 aliphatic heterocycles. The Morgan fingerprint density at radius 2 is 1.85 bits per heavy atom. The van der Waals surface area contributed by atoms with E-state index in [0.717, 1.165) is 45.6 Å². The minimum Gasteiger partial charge on any atom is -0.352 e. The van der Waals surface area contributed by atoms with E-state index < -0.39 is 0 Å². The van der Waals surface area contributed by atoms with Crippen molar-refractivity contribution in [2.45, 2.75) is 32.4 Å². The third-order valence-corrected chi connectivity index (χ3v) is 5.93. The highest BCUT2D eigenvalue weighted by atomic mass is 32.1. The van der Waals surface area contributed by atoms with E-state index in [9.17, 15) is 4.79 Å². The van der Waals surface area contributed by atoms with Crippen LogP contribution in [0.3, 0.4) is 0 Å². The summed E-state index contributed by atoms with van der Waals surface area (Å²) in [6.07, 6.45) is 2.50. The summed E-state index contributed by atoms with van der Waals surface area (Å²) in [7, 11) is 2.18. The summed E-state index contributed by atoms with van der Waals surface area (Å²) in [6, 6.07) is 12.7. The molecule has 0 atom stereocenters. The van der Waals surface area contributed by atoms with E-state index >= 15 is 0 Å². The number of nitrogens with zero attached hydrogens (tertiary/aromatic N) is 2. The van der Waals surface area contributed by atoms with E-state index in [1.54, 1.807) is 11.3 Å². The molecule has 140 valence electrons. The molecule has 1 N–H and O–H groups in total. The minimum atomic E-state index is 0.149. The van der Waals surface area contributed by atoms with Crippen molar-refractivity contribution >= 4 is 17.2 Å². The number of carbonyl (C=O) groups is 1. The molecule has 2 aromatic rings. The predicted octanol–water partition coefficient (Wildman–Crippen LogP) is 3.13.